The van der Waals surface area contributed by atoms with Crippen molar-refractivity contribution in [3.05, 3.63) is 83.6 Å². The van der Waals surface area contributed by atoms with Gasteiger partial charge in [-0.05, 0) is 48.0 Å². The fourth-order valence-corrected chi connectivity index (χ4v) is 4.58. The summed E-state index contributed by atoms with van der Waals surface area (Å²) in [4.78, 5) is 34.8. The van der Waals surface area contributed by atoms with Crippen molar-refractivity contribution >= 4 is 23.3 Å². The lowest BCUT2D eigenvalue weighted by molar-refractivity contribution is -0.122. The summed E-state index contributed by atoms with van der Waals surface area (Å²) < 4.78 is 5.76. The zero-order valence-electron chi connectivity index (χ0n) is 20.4. The summed E-state index contributed by atoms with van der Waals surface area (Å²) in [6.07, 6.45) is 1.77. The van der Waals surface area contributed by atoms with Crippen LogP contribution < -0.4 is 20.3 Å². The van der Waals surface area contributed by atoms with E-state index >= 15 is 0 Å². The molecule has 0 radical (unpaired) electrons. The molecule has 8 heteroatoms. The molecule has 2 aliphatic heterocycles. The van der Waals surface area contributed by atoms with E-state index in [1.54, 1.807) is 24.3 Å². The number of rotatable bonds is 7. The molecule has 0 saturated carbocycles. The van der Waals surface area contributed by atoms with Gasteiger partial charge < -0.3 is 25.2 Å². The predicted molar refractivity (Wildman–Crippen MR) is 139 cm³/mol. The topological polar surface area (TPSA) is 86.8 Å². The highest BCUT2D eigenvalue weighted by atomic mass is 16.5. The lowest BCUT2D eigenvalue weighted by Gasteiger charge is -2.34. The average Bonchev–Trinajstić information content (AvgIpc) is 3.37. The fourth-order valence-electron chi connectivity index (χ4n) is 4.58. The number of carbonyl (C=O) groups is 2. The monoisotopic (exact) mass is 485 g/mol. The van der Waals surface area contributed by atoms with Gasteiger partial charge in [-0.1, -0.05) is 37.3 Å². The molecule has 36 heavy (non-hydrogen) atoms. The van der Waals surface area contributed by atoms with Crippen LogP contribution in [0.4, 0.5) is 11.5 Å². The van der Waals surface area contributed by atoms with Crippen molar-refractivity contribution in [3.63, 3.8) is 0 Å². The number of amides is 2. The number of nitrogens with one attached hydrogen (secondary N) is 2. The van der Waals surface area contributed by atoms with Gasteiger partial charge in [-0.25, -0.2) is 4.98 Å². The van der Waals surface area contributed by atoms with Crippen LogP contribution in [-0.4, -0.2) is 60.5 Å². The summed E-state index contributed by atoms with van der Waals surface area (Å²) in [5.74, 6) is 1.27. The van der Waals surface area contributed by atoms with Gasteiger partial charge in [0.05, 0.1) is 0 Å². The highest BCUT2D eigenvalue weighted by Gasteiger charge is 2.28. The number of hydrogen-bond acceptors (Lipinski definition) is 6. The number of para-hydroxylation sites is 1. The number of hydrogen-bond donors (Lipinski definition) is 2. The van der Waals surface area contributed by atoms with Crippen LogP contribution in [0, 0.1) is 0 Å². The van der Waals surface area contributed by atoms with Gasteiger partial charge in [0.1, 0.15) is 11.6 Å². The van der Waals surface area contributed by atoms with Crippen LogP contribution in [-0.2, 0) is 17.8 Å². The minimum atomic E-state index is -0.578. The second-order valence-corrected chi connectivity index (χ2v) is 9.12. The molecule has 2 N–H and O–H groups in total. The molecule has 1 unspecified atom stereocenters. The van der Waals surface area contributed by atoms with Crippen molar-refractivity contribution in [3.8, 4) is 5.75 Å². The number of pyridine rings is 1. The van der Waals surface area contributed by atoms with Crippen molar-refractivity contribution in [1.29, 1.82) is 0 Å². The molecular weight excluding hydrogens is 454 g/mol. The Hall–Kier alpha value is -3.91. The SMILES string of the molecule is CCN1CCN(c2ccc(CNC(=O)c3cccc(NC(=O)C4Cc5ccccc5O4)c3)cn2)CC1. The predicted octanol–water partition coefficient (Wildman–Crippen LogP) is 3.10. The molecule has 2 aliphatic rings. The zero-order valence-corrected chi connectivity index (χ0v) is 20.4. The van der Waals surface area contributed by atoms with E-state index in [0.717, 1.165) is 55.4 Å². The molecule has 1 fully saturated rings. The van der Waals surface area contributed by atoms with E-state index in [1.165, 1.54) is 0 Å². The largest absolute Gasteiger partial charge is 0.480 e. The molecule has 186 valence electrons. The Bertz CT molecular complexity index is 1200. The number of benzene rings is 2. The average molecular weight is 486 g/mol. The van der Waals surface area contributed by atoms with Crippen LogP contribution in [0.1, 0.15) is 28.4 Å². The third kappa shape index (κ3) is 5.49. The number of carbonyl (C=O) groups excluding carboxylic acids is 2. The fraction of sp³-hybridized carbons (Fsp3) is 0.321. The molecule has 5 rings (SSSR count). The summed E-state index contributed by atoms with van der Waals surface area (Å²) in [6.45, 7) is 7.70. The molecule has 2 aromatic carbocycles. The maximum atomic E-state index is 12.8. The minimum Gasteiger partial charge on any atom is -0.480 e. The van der Waals surface area contributed by atoms with E-state index in [2.05, 4.69) is 32.3 Å². The zero-order chi connectivity index (χ0) is 24.9. The first-order valence-corrected chi connectivity index (χ1v) is 12.4. The van der Waals surface area contributed by atoms with Crippen LogP contribution in [0.25, 0.3) is 0 Å². The molecule has 0 aliphatic carbocycles. The lowest BCUT2D eigenvalue weighted by atomic mass is 10.1. The summed E-state index contributed by atoms with van der Waals surface area (Å²) in [5, 5.41) is 5.81. The maximum absolute atomic E-state index is 12.8. The Kier molecular flexibility index (Phi) is 7.13. The first-order chi connectivity index (χ1) is 17.6. The van der Waals surface area contributed by atoms with Crippen molar-refractivity contribution in [2.24, 2.45) is 0 Å². The number of ether oxygens (including phenoxy) is 1. The molecule has 0 spiro atoms. The first kappa shape index (κ1) is 23.8. The third-order valence-corrected chi connectivity index (χ3v) is 6.74. The van der Waals surface area contributed by atoms with E-state index in [4.69, 9.17) is 4.74 Å². The van der Waals surface area contributed by atoms with Gasteiger partial charge in [-0.15, -0.1) is 0 Å². The molecule has 3 heterocycles. The van der Waals surface area contributed by atoms with Crippen molar-refractivity contribution in [2.45, 2.75) is 26.0 Å². The first-order valence-electron chi connectivity index (χ1n) is 12.4. The van der Waals surface area contributed by atoms with Crippen LogP contribution in [0.2, 0.25) is 0 Å². The van der Waals surface area contributed by atoms with Gasteiger partial charge >= 0.3 is 0 Å². The van der Waals surface area contributed by atoms with Crippen LogP contribution >= 0.6 is 0 Å². The highest BCUT2D eigenvalue weighted by Crippen LogP contribution is 2.28. The van der Waals surface area contributed by atoms with Gasteiger partial charge in [-0.3, -0.25) is 9.59 Å². The number of likely N-dealkylation sites (N-methyl/N-ethyl adjacent to an activating group) is 1. The van der Waals surface area contributed by atoms with Crippen molar-refractivity contribution in [1.82, 2.24) is 15.2 Å². The van der Waals surface area contributed by atoms with E-state index in [9.17, 15) is 9.59 Å². The van der Waals surface area contributed by atoms with Crippen LogP contribution in [0.3, 0.4) is 0 Å². The summed E-state index contributed by atoms with van der Waals surface area (Å²) in [6, 6.07) is 18.6. The normalized spacial score (nSPS) is 17.2. The minimum absolute atomic E-state index is 0.213. The molecule has 1 saturated heterocycles. The maximum Gasteiger partial charge on any atom is 0.265 e. The van der Waals surface area contributed by atoms with Gasteiger partial charge in [0.25, 0.3) is 11.8 Å². The van der Waals surface area contributed by atoms with E-state index in [-0.39, 0.29) is 11.8 Å². The Balaban J connectivity index is 1.13. The molecule has 1 atom stereocenters. The molecule has 3 aromatic rings. The van der Waals surface area contributed by atoms with Gasteiger partial charge in [0.2, 0.25) is 0 Å². The Labute approximate surface area is 211 Å². The van der Waals surface area contributed by atoms with E-state index in [0.29, 0.717) is 24.2 Å². The Morgan fingerprint density at radius 1 is 1.03 bits per heavy atom. The smallest absolute Gasteiger partial charge is 0.265 e. The van der Waals surface area contributed by atoms with Gasteiger partial charge in [-0.2, -0.15) is 0 Å². The van der Waals surface area contributed by atoms with E-state index < -0.39 is 6.10 Å². The Morgan fingerprint density at radius 2 is 1.86 bits per heavy atom. The second kappa shape index (κ2) is 10.8. The van der Waals surface area contributed by atoms with Crippen molar-refractivity contribution in [2.75, 3.05) is 42.9 Å². The van der Waals surface area contributed by atoms with Crippen LogP contribution in [0.15, 0.2) is 66.9 Å². The Morgan fingerprint density at radius 3 is 2.61 bits per heavy atom. The summed E-state index contributed by atoms with van der Waals surface area (Å²) in [5.41, 5.74) is 2.98. The molecular formula is C28H31N5O3. The van der Waals surface area contributed by atoms with Crippen LogP contribution in [0.5, 0.6) is 5.75 Å². The van der Waals surface area contributed by atoms with Gasteiger partial charge in [0.15, 0.2) is 6.10 Å². The standard InChI is InChI=1S/C28H31N5O3/c1-2-32-12-14-33(15-13-32)26-11-10-20(18-29-26)19-30-27(34)22-7-5-8-23(16-22)31-28(35)25-17-21-6-3-4-9-24(21)36-25/h3-11,16,18,25H,2,12-15,17,19H2,1H3,(H,30,34)(H,31,35). The highest BCUT2D eigenvalue weighted by molar-refractivity contribution is 5.98. The summed E-state index contributed by atoms with van der Waals surface area (Å²) >= 11 is 0. The molecule has 0 bridgehead atoms. The number of piperazine rings is 1. The number of nitrogens with zero attached hydrogens (tertiary/aromatic N) is 3. The number of aromatic nitrogens is 1. The third-order valence-electron chi connectivity index (χ3n) is 6.74. The van der Waals surface area contributed by atoms with Gasteiger partial charge in [0, 0.05) is 56.6 Å². The second-order valence-electron chi connectivity index (χ2n) is 9.12. The van der Waals surface area contributed by atoms with E-state index in [1.807, 2.05) is 42.6 Å². The quantitative estimate of drug-likeness (QED) is 0.535. The molecule has 1 aromatic heterocycles. The molecule has 2 amide bonds. The summed E-state index contributed by atoms with van der Waals surface area (Å²) in [7, 11) is 0. The number of fused-ring (bicyclic) bond motifs is 1. The number of anilines is 2. The van der Waals surface area contributed by atoms with Crippen molar-refractivity contribution < 1.29 is 14.3 Å². The lowest BCUT2D eigenvalue weighted by Crippen LogP contribution is -2.46. The molecule has 8 nitrogen and oxygen atoms in total.